The Morgan fingerprint density at radius 3 is 2.55 bits per heavy atom. The van der Waals surface area contributed by atoms with Crippen molar-refractivity contribution in [2.45, 2.75) is 31.6 Å². The van der Waals surface area contributed by atoms with Gasteiger partial charge in [-0.25, -0.2) is 0 Å². The molecular formula is C17H21NO2. The minimum Gasteiger partial charge on any atom is -0.381 e. The molecular weight excluding hydrogens is 250 g/mol. The molecule has 3 fully saturated rings. The number of carbonyl (C=O) groups is 1. The van der Waals surface area contributed by atoms with Gasteiger partial charge in [0.2, 0.25) is 5.91 Å². The molecule has 1 aromatic carbocycles. The summed E-state index contributed by atoms with van der Waals surface area (Å²) in [7, 11) is 0. The Kier molecular flexibility index (Phi) is 2.53. The van der Waals surface area contributed by atoms with Crippen LogP contribution in [0.4, 0.5) is 0 Å². The van der Waals surface area contributed by atoms with Crippen LogP contribution in [0.2, 0.25) is 0 Å². The van der Waals surface area contributed by atoms with E-state index in [0.717, 1.165) is 45.6 Å². The Balaban J connectivity index is 1.53. The van der Waals surface area contributed by atoms with Crippen LogP contribution in [0, 0.1) is 12.3 Å². The van der Waals surface area contributed by atoms with E-state index in [2.05, 4.69) is 30.0 Å². The number of aryl methyl sites for hydroxylation is 1. The third kappa shape index (κ3) is 1.65. The molecule has 0 radical (unpaired) electrons. The van der Waals surface area contributed by atoms with E-state index in [1.54, 1.807) is 0 Å². The van der Waals surface area contributed by atoms with Crippen molar-refractivity contribution in [1.82, 2.24) is 4.90 Å². The van der Waals surface area contributed by atoms with Crippen molar-refractivity contribution in [3.63, 3.8) is 0 Å². The van der Waals surface area contributed by atoms with Gasteiger partial charge in [0.05, 0.1) is 12.0 Å². The maximum atomic E-state index is 12.9. The number of hydrogen-bond donors (Lipinski definition) is 0. The highest BCUT2D eigenvalue weighted by atomic mass is 16.5. The molecule has 0 N–H and O–H groups in total. The van der Waals surface area contributed by atoms with Crippen molar-refractivity contribution in [1.29, 1.82) is 0 Å². The Labute approximate surface area is 119 Å². The van der Waals surface area contributed by atoms with Crippen LogP contribution in [-0.4, -0.2) is 37.1 Å². The molecule has 3 aliphatic rings. The second-order valence-corrected chi connectivity index (χ2v) is 6.86. The molecule has 0 aromatic heterocycles. The van der Waals surface area contributed by atoms with Crippen molar-refractivity contribution in [3.8, 4) is 0 Å². The van der Waals surface area contributed by atoms with Crippen LogP contribution in [0.25, 0.3) is 0 Å². The summed E-state index contributed by atoms with van der Waals surface area (Å²) in [5, 5.41) is 0. The number of rotatable bonds is 2. The van der Waals surface area contributed by atoms with Crippen molar-refractivity contribution in [3.05, 3.63) is 35.4 Å². The first-order valence-electron chi connectivity index (χ1n) is 7.59. The number of carbonyl (C=O) groups excluding carboxylic acids is 1. The van der Waals surface area contributed by atoms with Crippen LogP contribution in [0.15, 0.2) is 24.3 Å². The summed E-state index contributed by atoms with van der Waals surface area (Å²) < 4.78 is 5.50. The van der Waals surface area contributed by atoms with Crippen molar-refractivity contribution < 1.29 is 9.53 Å². The molecule has 1 saturated carbocycles. The first kappa shape index (κ1) is 12.4. The van der Waals surface area contributed by atoms with E-state index in [9.17, 15) is 4.79 Å². The van der Waals surface area contributed by atoms with Gasteiger partial charge in [0.25, 0.3) is 0 Å². The molecule has 0 atom stereocenters. The molecule has 1 aromatic rings. The minimum absolute atomic E-state index is 0.202. The first-order chi connectivity index (χ1) is 9.65. The fraction of sp³-hybridized carbons (Fsp3) is 0.588. The fourth-order valence-corrected chi connectivity index (χ4v) is 3.94. The van der Waals surface area contributed by atoms with E-state index in [0.29, 0.717) is 5.91 Å². The highest BCUT2D eigenvalue weighted by Gasteiger charge is 2.58. The molecule has 106 valence electrons. The highest BCUT2D eigenvalue weighted by molar-refractivity contribution is 5.92. The topological polar surface area (TPSA) is 29.5 Å². The van der Waals surface area contributed by atoms with Gasteiger partial charge in [-0.3, -0.25) is 4.79 Å². The number of hydrogen-bond acceptors (Lipinski definition) is 2. The summed E-state index contributed by atoms with van der Waals surface area (Å²) >= 11 is 0. The smallest absolute Gasteiger partial charge is 0.233 e. The average molecular weight is 271 g/mol. The van der Waals surface area contributed by atoms with Gasteiger partial charge in [0, 0.05) is 25.1 Å². The maximum absolute atomic E-state index is 12.9. The van der Waals surface area contributed by atoms with Crippen molar-refractivity contribution >= 4 is 5.91 Å². The fourth-order valence-electron chi connectivity index (χ4n) is 3.94. The molecule has 4 rings (SSSR count). The number of nitrogens with zero attached hydrogens (tertiary/aromatic N) is 1. The van der Waals surface area contributed by atoms with E-state index in [4.69, 9.17) is 4.74 Å². The summed E-state index contributed by atoms with van der Waals surface area (Å²) in [5.74, 6) is 0.351. The molecule has 0 bridgehead atoms. The highest BCUT2D eigenvalue weighted by Crippen LogP contribution is 2.52. The zero-order chi connectivity index (χ0) is 13.8. The Morgan fingerprint density at radius 2 is 1.95 bits per heavy atom. The van der Waals surface area contributed by atoms with Gasteiger partial charge in [-0.1, -0.05) is 24.3 Å². The normalized spacial score (nSPS) is 25.6. The van der Waals surface area contributed by atoms with E-state index in [-0.39, 0.29) is 10.8 Å². The van der Waals surface area contributed by atoms with Gasteiger partial charge in [-0.2, -0.15) is 0 Å². The largest absolute Gasteiger partial charge is 0.381 e. The summed E-state index contributed by atoms with van der Waals surface area (Å²) in [4.78, 5) is 15.0. The summed E-state index contributed by atoms with van der Waals surface area (Å²) in [6.07, 6.45) is 3.14. The van der Waals surface area contributed by atoms with Gasteiger partial charge in [0.15, 0.2) is 0 Å². The van der Waals surface area contributed by atoms with Gasteiger partial charge < -0.3 is 9.64 Å². The van der Waals surface area contributed by atoms with Gasteiger partial charge in [-0.15, -0.1) is 0 Å². The lowest BCUT2D eigenvalue weighted by Gasteiger charge is -2.48. The third-order valence-corrected chi connectivity index (χ3v) is 5.34. The van der Waals surface area contributed by atoms with E-state index in [1.807, 2.05) is 6.07 Å². The summed E-state index contributed by atoms with van der Waals surface area (Å²) in [6, 6.07) is 8.35. The Morgan fingerprint density at radius 1 is 1.20 bits per heavy atom. The molecule has 1 spiro atoms. The van der Waals surface area contributed by atoms with Crippen LogP contribution in [0.3, 0.4) is 0 Å². The molecule has 3 nitrogen and oxygen atoms in total. The number of benzene rings is 1. The Bertz CT molecular complexity index is 548. The predicted octanol–water partition coefficient (Wildman–Crippen LogP) is 2.28. The van der Waals surface area contributed by atoms with Crippen LogP contribution in [-0.2, 0) is 14.9 Å². The second kappa shape index (κ2) is 4.08. The zero-order valence-corrected chi connectivity index (χ0v) is 12.0. The third-order valence-electron chi connectivity index (χ3n) is 5.34. The van der Waals surface area contributed by atoms with Gasteiger partial charge in [0.1, 0.15) is 0 Å². The van der Waals surface area contributed by atoms with Crippen molar-refractivity contribution in [2.75, 3.05) is 26.3 Å². The SMILES string of the molecule is Cc1ccccc1C1(C(=O)N2CC3(CCOC3)C2)CC1. The van der Waals surface area contributed by atoms with E-state index in [1.165, 1.54) is 11.1 Å². The maximum Gasteiger partial charge on any atom is 0.233 e. The lowest BCUT2D eigenvalue weighted by Crippen LogP contribution is -2.61. The molecule has 1 aliphatic carbocycles. The van der Waals surface area contributed by atoms with Crippen LogP contribution in [0.5, 0.6) is 0 Å². The first-order valence-corrected chi connectivity index (χ1v) is 7.59. The number of likely N-dealkylation sites (tertiary alicyclic amines) is 1. The van der Waals surface area contributed by atoms with E-state index < -0.39 is 0 Å². The van der Waals surface area contributed by atoms with Gasteiger partial charge >= 0.3 is 0 Å². The molecule has 20 heavy (non-hydrogen) atoms. The lowest BCUT2D eigenvalue weighted by atomic mass is 9.77. The summed E-state index contributed by atoms with van der Waals surface area (Å²) in [6.45, 7) is 5.63. The Hall–Kier alpha value is -1.35. The van der Waals surface area contributed by atoms with Crippen molar-refractivity contribution in [2.24, 2.45) is 5.41 Å². The number of ether oxygens (including phenoxy) is 1. The van der Waals surface area contributed by atoms with Crippen LogP contribution in [0.1, 0.15) is 30.4 Å². The molecule has 1 amide bonds. The van der Waals surface area contributed by atoms with Crippen LogP contribution < -0.4 is 0 Å². The average Bonchev–Trinajstić information content (AvgIpc) is 3.06. The molecule has 0 unspecified atom stereocenters. The zero-order valence-electron chi connectivity index (χ0n) is 12.0. The van der Waals surface area contributed by atoms with Crippen LogP contribution >= 0.6 is 0 Å². The molecule has 2 aliphatic heterocycles. The predicted molar refractivity (Wildman–Crippen MR) is 76.5 cm³/mol. The monoisotopic (exact) mass is 271 g/mol. The quantitative estimate of drug-likeness (QED) is 0.826. The molecule has 3 heteroatoms. The summed E-state index contributed by atoms with van der Waals surface area (Å²) in [5.41, 5.74) is 2.58. The minimum atomic E-state index is -0.202. The second-order valence-electron chi connectivity index (χ2n) is 6.86. The lowest BCUT2D eigenvalue weighted by molar-refractivity contribution is -0.146. The standard InChI is InChI=1S/C17H21NO2/c1-13-4-2-3-5-14(13)17(6-7-17)15(19)18-10-16(11-18)8-9-20-12-16/h2-5H,6-12H2,1H3. The molecule has 2 saturated heterocycles. The molecule has 2 heterocycles. The number of amides is 1. The van der Waals surface area contributed by atoms with E-state index >= 15 is 0 Å². The van der Waals surface area contributed by atoms with Gasteiger partial charge in [-0.05, 0) is 37.3 Å².